The third-order valence-corrected chi connectivity index (χ3v) is 5.55. The van der Waals surface area contributed by atoms with Gasteiger partial charge in [0.15, 0.2) is 0 Å². The molecule has 0 saturated carbocycles. The first-order valence-electron chi connectivity index (χ1n) is 9.42. The van der Waals surface area contributed by atoms with Crippen LogP contribution in [0.3, 0.4) is 0 Å². The average Bonchev–Trinajstić information content (AvgIpc) is 3.16. The van der Waals surface area contributed by atoms with E-state index in [0.717, 1.165) is 31.5 Å². The normalized spacial score (nSPS) is 22.3. The van der Waals surface area contributed by atoms with Gasteiger partial charge in [-0.15, -0.1) is 0 Å². The number of carbonyl (C=O) groups is 1. The van der Waals surface area contributed by atoms with Gasteiger partial charge in [-0.05, 0) is 54.5 Å². The second-order valence-corrected chi connectivity index (χ2v) is 7.31. The number of rotatable bonds is 5. The van der Waals surface area contributed by atoms with E-state index >= 15 is 0 Å². The molecule has 1 saturated heterocycles. The van der Waals surface area contributed by atoms with Crippen molar-refractivity contribution in [1.82, 2.24) is 10.9 Å². The summed E-state index contributed by atoms with van der Waals surface area (Å²) in [7, 11) is 0. The Morgan fingerprint density at radius 2 is 2.08 bits per heavy atom. The van der Waals surface area contributed by atoms with E-state index in [1.54, 1.807) is 0 Å². The maximum atomic E-state index is 12.4. The molecule has 1 aliphatic heterocycles. The van der Waals surface area contributed by atoms with Crippen LogP contribution in [0.1, 0.15) is 35.4 Å². The van der Waals surface area contributed by atoms with Crippen LogP contribution in [-0.2, 0) is 17.6 Å². The van der Waals surface area contributed by atoms with Gasteiger partial charge in [-0.2, -0.15) is 0 Å². The number of aryl methyl sites for hydroxylation is 2. The molecule has 2 aliphatic rings. The van der Waals surface area contributed by atoms with Crippen molar-refractivity contribution in [1.29, 1.82) is 0 Å². The maximum absolute atomic E-state index is 12.4. The first-order valence-corrected chi connectivity index (χ1v) is 9.42. The number of hydrogen-bond acceptors (Lipinski definition) is 4. The Kier molecular flexibility index (Phi) is 5.02. The Morgan fingerprint density at radius 1 is 1.23 bits per heavy atom. The number of carbonyl (C=O) groups excluding carboxylic acids is 1. The van der Waals surface area contributed by atoms with Crippen LogP contribution in [0.2, 0.25) is 0 Å². The molecule has 1 fully saturated rings. The third-order valence-electron chi connectivity index (χ3n) is 5.55. The Hall–Kier alpha value is -2.21. The molecule has 0 aromatic heterocycles. The molecule has 26 heavy (non-hydrogen) atoms. The number of nitrogens with two attached hydrogens (primary N) is 1. The first kappa shape index (κ1) is 17.2. The molecule has 1 heterocycles. The molecule has 1 aliphatic carbocycles. The van der Waals surface area contributed by atoms with Crippen molar-refractivity contribution >= 4 is 11.6 Å². The van der Waals surface area contributed by atoms with Crippen molar-refractivity contribution in [2.45, 2.75) is 43.7 Å². The van der Waals surface area contributed by atoms with E-state index in [-0.39, 0.29) is 5.91 Å². The molecule has 4 rings (SSSR count). The van der Waals surface area contributed by atoms with E-state index in [1.165, 1.54) is 16.7 Å². The van der Waals surface area contributed by atoms with E-state index in [2.05, 4.69) is 40.4 Å². The SMILES string of the molecule is N[C@H](CCc1ccccc1)C(=O)Nc1ccc2c(c1)CCC1NNCC21. The average molecular weight is 350 g/mol. The number of benzene rings is 2. The Bertz CT molecular complexity index is 777. The van der Waals surface area contributed by atoms with Crippen LogP contribution in [0, 0.1) is 0 Å². The smallest absolute Gasteiger partial charge is 0.241 e. The van der Waals surface area contributed by atoms with Crippen LogP contribution in [0.25, 0.3) is 0 Å². The molecule has 0 bridgehead atoms. The molecule has 0 radical (unpaired) electrons. The zero-order valence-corrected chi connectivity index (χ0v) is 14.9. The summed E-state index contributed by atoms with van der Waals surface area (Å²) in [4.78, 5) is 12.4. The number of nitrogens with one attached hydrogen (secondary N) is 3. The molecule has 5 N–H and O–H groups in total. The van der Waals surface area contributed by atoms with Crippen molar-refractivity contribution in [3.63, 3.8) is 0 Å². The summed E-state index contributed by atoms with van der Waals surface area (Å²) < 4.78 is 0. The van der Waals surface area contributed by atoms with E-state index in [4.69, 9.17) is 5.73 Å². The number of fused-ring (bicyclic) bond motifs is 3. The summed E-state index contributed by atoms with van der Waals surface area (Å²) in [5.74, 6) is 0.412. The van der Waals surface area contributed by atoms with Gasteiger partial charge in [-0.3, -0.25) is 15.6 Å². The minimum atomic E-state index is -0.501. The predicted molar refractivity (Wildman–Crippen MR) is 104 cm³/mol. The summed E-state index contributed by atoms with van der Waals surface area (Å²) in [6.07, 6.45) is 3.61. The highest BCUT2D eigenvalue weighted by atomic mass is 16.2. The van der Waals surface area contributed by atoms with Crippen LogP contribution in [0.15, 0.2) is 48.5 Å². The lowest BCUT2D eigenvalue weighted by molar-refractivity contribution is -0.117. The molecule has 5 heteroatoms. The van der Waals surface area contributed by atoms with Crippen LogP contribution in [0.5, 0.6) is 0 Å². The van der Waals surface area contributed by atoms with Gasteiger partial charge in [0.25, 0.3) is 0 Å². The zero-order chi connectivity index (χ0) is 17.9. The lowest BCUT2D eigenvalue weighted by Crippen LogP contribution is -2.36. The predicted octanol–water partition coefficient (Wildman–Crippen LogP) is 2.09. The second-order valence-electron chi connectivity index (χ2n) is 7.31. The van der Waals surface area contributed by atoms with Crippen LogP contribution in [-0.4, -0.2) is 24.5 Å². The van der Waals surface area contributed by atoms with Gasteiger partial charge >= 0.3 is 0 Å². The highest BCUT2D eigenvalue weighted by Crippen LogP contribution is 2.34. The van der Waals surface area contributed by atoms with E-state index in [0.29, 0.717) is 18.4 Å². The molecule has 3 atom stereocenters. The summed E-state index contributed by atoms with van der Waals surface area (Å²) >= 11 is 0. The van der Waals surface area contributed by atoms with Crippen molar-refractivity contribution < 1.29 is 4.79 Å². The lowest BCUT2D eigenvalue weighted by atomic mass is 9.80. The molecule has 136 valence electrons. The van der Waals surface area contributed by atoms with Gasteiger partial charge in [-0.1, -0.05) is 36.4 Å². The minimum Gasteiger partial charge on any atom is -0.325 e. The minimum absolute atomic E-state index is 0.112. The molecule has 1 amide bonds. The van der Waals surface area contributed by atoms with Crippen molar-refractivity contribution in [2.75, 3.05) is 11.9 Å². The molecule has 2 unspecified atom stereocenters. The van der Waals surface area contributed by atoms with Gasteiger partial charge in [0.2, 0.25) is 5.91 Å². The van der Waals surface area contributed by atoms with Crippen molar-refractivity contribution in [3.05, 3.63) is 65.2 Å². The van der Waals surface area contributed by atoms with Gasteiger partial charge in [0.1, 0.15) is 0 Å². The summed E-state index contributed by atoms with van der Waals surface area (Å²) in [5, 5.41) is 2.99. The Balaban J connectivity index is 1.37. The Morgan fingerprint density at radius 3 is 2.92 bits per heavy atom. The van der Waals surface area contributed by atoms with Crippen LogP contribution < -0.4 is 21.9 Å². The largest absolute Gasteiger partial charge is 0.325 e. The highest BCUT2D eigenvalue weighted by molar-refractivity contribution is 5.94. The monoisotopic (exact) mass is 350 g/mol. The quantitative estimate of drug-likeness (QED) is 0.666. The number of anilines is 1. The van der Waals surface area contributed by atoms with Gasteiger partial charge in [0.05, 0.1) is 6.04 Å². The van der Waals surface area contributed by atoms with Crippen LogP contribution >= 0.6 is 0 Å². The Labute approximate surface area is 154 Å². The molecule has 0 spiro atoms. The second kappa shape index (κ2) is 7.58. The van der Waals surface area contributed by atoms with Gasteiger partial charge < -0.3 is 11.1 Å². The number of hydrogen-bond donors (Lipinski definition) is 4. The molecule has 5 nitrogen and oxygen atoms in total. The summed E-state index contributed by atoms with van der Waals surface area (Å²) in [5.41, 5.74) is 17.5. The third kappa shape index (κ3) is 3.65. The fourth-order valence-corrected chi connectivity index (χ4v) is 4.05. The van der Waals surface area contributed by atoms with Crippen LogP contribution in [0.4, 0.5) is 5.69 Å². The molecular weight excluding hydrogens is 324 g/mol. The van der Waals surface area contributed by atoms with Crippen molar-refractivity contribution in [2.24, 2.45) is 5.73 Å². The first-order chi connectivity index (χ1) is 12.7. The van der Waals surface area contributed by atoms with Gasteiger partial charge in [-0.25, -0.2) is 0 Å². The molecule has 2 aromatic carbocycles. The fraction of sp³-hybridized carbons (Fsp3) is 0.381. The summed E-state index contributed by atoms with van der Waals surface area (Å²) in [6, 6.07) is 16.4. The summed E-state index contributed by atoms with van der Waals surface area (Å²) in [6.45, 7) is 0.966. The van der Waals surface area contributed by atoms with E-state index in [9.17, 15) is 4.79 Å². The topological polar surface area (TPSA) is 79.2 Å². The molecule has 2 aromatic rings. The highest BCUT2D eigenvalue weighted by Gasteiger charge is 2.33. The zero-order valence-electron chi connectivity index (χ0n) is 14.9. The van der Waals surface area contributed by atoms with E-state index < -0.39 is 6.04 Å². The molecular formula is C21H26N4O. The maximum Gasteiger partial charge on any atom is 0.241 e. The van der Waals surface area contributed by atoms with Gasteiger partial charge in [0, 0.05) is 24.2 Å². The van der Waals surface area contributed by atoms with Crippen molar-refractivity contribution in [3.8, 4) is 0 Å². The fourth-order valence-electron chi connectivity index (χ4n) is 4.05. The van der Waals surface area contributed by atoms with E-state index in [1.807, 2.05) is 24.3 Å². The standard InChI is InChI=1S/C21H26N4O/c22-19(10-6-14-4-2-1-3-5-14)21(26)24-16-8-9-17-15(12-16)7-11-20-18(17)13-23-25-20/h1-5,8-9,12,18-20,23,25H,6-7,10-11,13,22H2,(H,24,26)/t18?,19-,20?/m1/s1. The lowest BCUT2D eigenvalue weighted by Gasteiger charge is -2.27. The number of amides is 1. The number of hydrazine groups is 1.